The molecular formula is C23H36IN5O3. The molecule has 3 heterocycles. The van der Waals surface area contributed by atoms with Crippen molar-refractivity contribution in [2.45, 2.75) is 45.6 Å². The fourth-order valence-corrected chi connectivity index (χ4v) is 3.80. The van der Waals surface area contributed by atoms with E-state index in [0.717, 1.165) is 43.3 Å². The lowest BCUT2D eigenvalue weighted by Gasteiger charge is -2.32. The maximum absolute atomic E-state index is 12.1. The van der Waals surface area contributed by atoms with Crippen molar-refractivity contribution in [3.8, 4) is 0 Å². The van der Waals surface area contributed by atoms with Crippen LogP contribution in [-0.4, -0.2) is 56.0 Å². The Morgan fingerprint density at radius 3 is 2.53 bits per heavy atom. The number of halogens is 1. The van der Waals surface area contributed by atoms with Crippen LogP contribution in [0.1, 0.15) is 60.5 Å². The van der Waals surface area contributed by atoms with E-state index in [1.165, 1.54) is 25.5 Å². The van der Waals surface area contributed by atoms with Crippen molar-refractivity contribution in [3.05, 3.63) is 47.8 Å². The molecule has 1 aliphatic heterocycles. The summed E-state index contributed by atoms with van der Waals surface area (Å²) >= 11 is 0. The van der Waals surface area contributed by atoms with Gasteiger partial charge in [-0.3, -0.25) is 14.7 Å². The van der Waals surface area contributed by atoms with Gasteiger partial charge < -0.3 is 24.8 Å². The number of carbonyl (C=O) groups excluding carboxylic acids is 1. The van der Waals surface area contributed by atoms with Crippen LogP contribution in [0, 0.1) is 6.92 Å². The Bertz CT molecular complexity index is 815. The van der Waals surface area contributed by atoms with Gasteiger partial charge in [-0.1, -0.05) is 6.42 Å². The highest BCUT2D eigenvalue weighted by Crippen LogP contribution is 2.25. The standard InChI is InChI=1S/C23H35N5O3.HI/c1-3-24-23(26-12-8-11-25-22(29)21-18(2)10-16-31-21)27-17-19(20-9-7-15-30-20)28-13-5-4-6-14-28;/h7,9-10,15-16,19H,3-6,8,11-14,17H2,1-2H3,(H,25,29)(H2,24,26,27);1H. The van der Waals surface area contributed by atoms with Gasteiger partial charge >= 0.3 is 0 Å². The molecule has 1 unspecified atom stereocenters. The molecule has 178 valence electrons. The fourth-order valence-electron chi connectivity index (χ4n) is 3.80. The number of guanidine groups is 1. The molecule has 1 aliphatic rings. The maximum Gasteiger partial charge on any atom is 0.287 e. The summed E-state index contributed by atoms with van der Waals surface area (Å²) in [6.07, 6.45) is 7.79. The summed E-state index contributed by atoms with van der Waals surface area (Å²) in [7, 11) is 0. The molecule has 0 radical (unpaired) electrons. The lowest BCUT2D eigenvalue weighted by Crippen LogP contribution is -2.40. The average molecular weight is 557 g/mol. The molecule has 1 fully saturated rings. The highest BCUT2D eigenvalue weighted by atomic mass is 127. The molecule has 0 saturated carbocycles. The largest absolute Gasteiger partial charge is 0.468 e. The summed E-state index contributed by atoms with van der Waals surface area (Å²) in [5.74, 6) is 1.96. The predicted octanol–water partition coefficient (Wildman–Crippen LogP) is 3.70. The Morgan fingerprint density at radius 2 is 1.88 bits per heavy atom. The van der Waals surface area contributed by atoms with E-state index < -0.39 is 0 Å². The van der Waals surface area contributed by atoms with E-state index in [-0.39, 0.29) is 35.9 Å². The zero-order valence-electron chi connectivity index (χ0n) is 19.1. The fraction of sp³-hybridized carbons (Fsp3) is 0.565. The Morgan fingerprint density at radius 1 is 1.09 bits per heavy atom. The van der Waals surface area contributed by atoms with Crippen molar-refractivity contribution >= 4 is 35.8 Å². The van der Waals surface area contributed by atoms with Gasteiger partial charge in [-0.25, -0.2) is 0 Å². The minimum Gasteiger partial charge on any atom is -0.468 e. The van der Waals surface area contributed by atoms with Crippen LogP contribution in [0.2, 0.25) is 0 Å². The van der Waals surface area contributed by atoms with Gasteiger partial charge in [0.2, 0.25) is 0 Å². The third-order valence-corrected chi connectivity index (χ3v) is 5.47. The van der Waals surface area contributed by atoms with Crippen molar-refractivity contribution in [3.63, 3.8) is 0 Å². The molecule has 3 rings (SSSR count). The van der Waals surface area contributed by atoms with Crippen molar-refractivity contribution in [1.29, 1.82) is 0 Å². The first-order valence-corrected chi connectivity index (χ1v) is 11.3. The highest BCUT2D eigenvalue weighted by molar-refractivity contribution is 14.0. The van der Waals surface area contributed by atoms with Crippen molar-refractivity contribution in [2.24, 2.45) is 4.99 Å². The maximum atomic E-state index is 12.1. The molecule has 1 amide bonds. The molecule has 2 aromatic rings. The Hall–Kier alpha value is -2.01. The molecule has 8 nitrogen and oxygen atoms in total. The number of likely N-dealkylation sites (tertiary alicyclic amines) is 1. The van der Waals surface area contributed by atoms with Gasteiger partial charge in [-0.05, 0) is 64.4 Å². The van der Waals surface area contributed by atoms with E-state index in [9.17, 15) is 4.79 Å². The first kappa shape index (κ1) is 26.2. The van der Waals surface area contributed by atoms with Crippen LogP contribution in [0.3, 0.4) is 0 Å². The second-order valence-electron chi connectivity index (χ2n) is 7.82. The first-order valence-electron chi connectivity index (χ1n) is 11.3. The van der Waals surface area contributed by atoms with Crippen molar-refractivity contribution < 1.29 is 13.6 Å². The van der Waals surface area contributed by atoms with E-state index in [1.807, 2.05) is 19.1 Å². The average Bonchev–Trinajstić information content (AvgIpc) is 3.46. The van der Waals surface area contributed by atoms with Gasteiger partial charge in [-0.2, -0.15) is 0 Å². The normalized spacial score (nSPS) is 15.6. The van der Waals surface area contributed by atoms with Crippen LogP contribution in [0.5, 0.6) is 0 Å². The second-order valence-corrected chi connectivity index (χ2v) is 7.82. The first-order chi connectivity index (χ1) is 15.2. The number of nitrogens with zero attached hydrogens (tertiary/aromatic N) is 2. The zero-order valence-corrected chi connectivity index (χ0v) is 21.4. The zero-order chi connectivity index (χ0) is 21.9. The summed E-state index contributed by atoms with van der Waals surface area (Å²) in [6, 6.07) is 5.92. The predicted molar refractivity (Wildman–Crippen MR) is 137 cm³/mol. The number of nitrogens with one attached hydrogen (secondary N) is 3. The van der Waals surface area contributed by atoms with Gasteiger partial charge in [0.15, 0.2) is 11.7 Å². The van der Waals surface area contributed by atoms with Gasteiger partial charge in [0.25, 0.3) is 5.91 Å². The number of carbonyl (C=O) groups is 1. The van der Waals surface area contributed by atoms with E-state index in [2.05, 4.69) is 27.8 Å². The van der Waals surface area contributed by atoms with Crippen molar-refractivity contribution in [2.75, 3.05) is 39.3 Å². The number of furan rings is 2. The van der Waals surface area contributed by atoms with E-state index in [1.54, 1.807) is 12.3 Å². The number of amides is 1. The Kier molecular flexibility index (Phi) is 11.6. The third kappa shape index (κ3) is 7.84. The molecule has 0 bridgehead atoms. The van der Waals surface area contributed by atoms with Gasteiger partial charge in [0.1, 0.15) is 5.76 Å². The Labute approximate surface area is 207 Å². The lowest BCUT2D eigenvalue weighted by atomic mass is 10.1. The molecular weight excluding hydrogens is 521 g/mol. The molecule has 2 aromatic heterocycles. The number of aliphatic imine (C=N–C) groups is 1. The quantitative estimate of drug-likeness (QED) is 0.179. The van der Waals surface area contributed by atoms with Crippen LogP contribution in [0.4, 0.5) is 0 Å². The highest BCUT2D eigenvalue weighted by Gasteiger charge is 2.24. The minimum atomic E-state index is -0.175. The van der Waals surface area contributed by atoms with Crippen molar-refractivity contribution in [1.82, 2.24) is 20.9 Å². The lowest BCUT2D eigenvalue weighted by molar-refractivity contribution is 0.0925. The van der Waals surface area contributed by atoms with Crippen LogP contribution in [-0.2, 0) is 0 Å². The van der Waals surface area contributed by atoms with E-state index >= 15 is 0 Å². The number of hydrogen-bond acceptors (Lipinski definition) is 5. The summed E-state index contributed by atoms with van der Waals surface area (Å²) in [5, 5.41) is 9.55. The molecule has 32 heavy (non-hydrogen) atoms. The summed E-state index contributed by atoms with van der Waals surface area (Å²) in [4.78, 5) is 19.4. The second kappa shape index (κ2) is 14.2. The van der Waals surface area contributed by atoms with Crippen LogP contribution in [0.25, 0.3) is 0 Å². The van der Waals surface area contributed by atoms with E-state index in [4.69, 9.17) is 13.8 Å². The number of piperidine rings is 1. The molecule has 0 spiro atoms. The number of aryl methyl sites for hydroxylation is 1. The van der Waals surface area contributed by atoms with Gasteiger partial charge in [-0.15, -0.1) is 24.0 Å². The van der Waals surface area contributed by atoms with Crippen LogP contribution >= 0.6 is 24.0 Å². The molecule has 3 N–H and O–H groups in total. The van der Waals surface area contributed by atoms with E-state index in [0.29, 0.717) is 25.4 Å². The molecule has 0 aromatic carbocycles. The number of hydrogen-bond donors (Lipinski definition) is 3. The minimum absolute atomic E-state index is 0. The molecule has 0 aliphatic carbocycles. The monoisotopic (exact) mass is 557 g/mol. The molecule has 1 saturated heterocycles. The number of rotatable bonds is 10. The summed E-state index contributed by atoms with van der Waals surface area (Å²) < 4.78 is 10.9. The summed E-state index contributed by atoms with van der Waals surface area (Å²) in [5.41, 5.74) is 0.844. The topological polar surface area (TPSA) is 95.0 Å². The third-order valence-electron chi connectivity index (χ3n) is 5.47. The van der Waals surface area contributed by atoms with Crippen LogP contribution < -0.4 is 16.0 Å². The van der Waals surface area contributed by atoms with Crippen LogP contribution in [0.15, 0.2) is 44.6 Å². The van der Waals surface area contributed by atoms with Gasteiger partial charge in [0, 0.05) is 25.2 Å². The molecule has 9 heteroatoms. The SMILES string of the molecule is CCNC(=NCC(c1ccco1)N1CCCCC1)NCCCNC(=O)c1occc1C.I. The summed E-state index contributed by atoms with van der Waals surface area (Å²) in [6.45, 7) is 8.77. The smallest absolute Gasteiger partial charge is 0.287 e. The Balaban J connectivity index is 0.00000363. The molecule has 1 atom stereocenters. The van der Waals surface area contributed by atoms with Gasteiger partial charge in [0.05, 0.1) is 25.1 Å².